The van der Waals surface area contributed by atoms with Gasteiger partial charge in [-0.1, -0.05) is 23.4 Å². The van der Waals surface area contributed by atoms with Crippen LogP contribution in [0.5, 0.6) is 5.75 Å². The number of benzene rings is 1. The van der Waals surface area contributed by atoms with Crippen molar-refractivity contribution in [3.05, 3.63) is 59.9 Å². The van der Waals surface area contributed by atoms with Crippen molar-refractivity contribution in [1.82, 2.24) is 9.88 Å². The summed E-state index contributed by atoms with van der Waals surface area (Å²) in [5.41, 5.74) is 7.67. The minimum Gasteiger partial charge on any atom is -0.489 e. The number of carbonyl (C=O) groups is 1. The normalized spacial score (nSPS) is 12.7. The fraction of sp³-hybridized carbons (Fsp3) is 0.409. The number of aromatic nitrogens is 1. The van der Waals surface area contributed by atoms with E-state index in [2.05, 4.69) is 10.1 Å². The quantitative estimate of drug-likeness (QED) is 0.397. The maximum absolute atomic E-state index is 12.6. The first-order valence-electron chi connectivity index (χ1n) is 9.73. The zero-order valence-corrected chi connectivity index (χ0v) is 17.7. The number of rotatable bonds is 9. The molecule has 156 valence electrons. The molecule has 1 aromatic carbocycles. The molecule has 2 aromatic rings. The molecule has 0 saturated heterocycles. The molecular weight excluding hydrogens is 368 g/mol. The van der Waals surface area contributed by atoms with Gasteiger partial charge >= 0.3 is 0 Å². The van der Waals surface area contributed by atoms with Crippen LogP contribution < -0.4 is 10.5 Å². The molecule has 0 aliphatic heterocycles. The van der Waals surface area contributed by atoms with Crippen LogP contribution in [0.3, 0.4) is 0 Å². The number of nitrogens with two attached hydrogens (primary N) is 1. The summed E-state index contributed by atoms with van der Waals surface area (Å²) in [6, 6.07) is 11.2. The molecule has 0 fully saturated rings. The SMILES string of the molecule is CC(O/N=C(/N)c1cccc(OCc2cccnc2)c1)C(=O)N(C(C)C)C(C)C. The van der Waals surface area contributed by atoms with Gasteiger partial charge in [0, 0.05) is 35.6 Å². The Balaban J connectivity index is 2.01. The molecule has 7 heteroatoms. The molecule has 1 unspecified atom stereocenters. The Kier molecular flexibility index (Phi) is 8.00. The van der Waals surface area contributed by atoms with Crippen LogP contribution in [0.15, 0.2) is 53.9 Å². The van der Waals surface area contributed by atoms with Crippen molar-refractivity contribution in [1.29, 1.82) is 0 Å². The molecule has 2 N–H and O–H groups in total. The first-order chi connectivity index (χ1) is 13.8. The summed E-state index contributed by atoms with van der Waals surface area (Å²) in [4.78, 5) is 23.8. The number of ether oxygens (including phenoxy) is 1. The van der Waals surface area contributed by atoms with Crippen LogP contribution in [0, 0.1) is 0 Å². The molecule has 0 aliphatic carbocycles. The number of hydrogen-bond acceptors (Lipinski definition) is 5. The van der Waals surface area contributed by atoms with E-state index in [9.17, 15) is 4.79 Å². The summed E-state index contributed by atoms with van der Waals surface area (Å²) in [5, 5.41) is 3.96. The Labute approximate surface area is 172 Å². The van der Waals surface area contributed by atoms with Crippen molar-refractivity contribution in [2.45, 2.75) is 59.4 Å². The van der Waals surface area contributed by atoms with Gasteiger partial charge in [0.15, 0.2) is 5.84 Å². The molecule has 1 aromatic heterocycles. The first-order valence-corrected chi connectivity index (χ1v) is 9.73. The predicted molar refractivity (Wildman–Crippen MR) is 113 cm³/mol. The van der Waals surface area contributed by atoms with Crippen LogP contribution in [0.4, 0.5) is 0 Å². The Bertz CT molecular complexity index is 814. The Morgan fingerprint density at radius 1 is 1.14 bits per heavy atom. The van der Waals surface area contributed by atoms with Gasteiger partial charge in [0.1, 0.15) is 12.4 Å². The highest BCUT2D eigenvalue weighted by Gasteiger charge is 2.26. The summed E-state index contributed by atoms with van der Waals surface area (Å²) in [6.45, 7) is 9.96. The van der Waals surface area contributed by atoms with Gasteiger partial charge in [0.25, 0.3) is 5.91 Å². The highest BCUT2D eigenvalue weighted by molar-refractivity contribution is 5.97. The molecule has 0 radical (unpaired) electrons. The van der Waals surface area contributed by atoms with E-state index < -0.39 is 6.10 Å². The minimum absolute atomic E-state index is 0.0727. The predicted octanol–water partition coefficient (Wildman–Crippen LogP) is 3.33. The van der Waals surface area contributed by atoms with Gasteiger partial charge < -0.3 is 20.2 Å². The summed E-state index contributed by atoms with van der Waals surface area (Å²) in [6.07, 6.45) is 2.74. The van der Waals surface area contributed by atoms with Crippen LogP contribution in [0.2, 0.25) is 0 Å². The van der Waals surface area contributed by atoms with Crippen LogP contribution in [-0.2, 0) is 16.2 Å². The number of amidine groups is 1. The standard InChI is InChI=1S/C22H30N4O3/c1-15(2)26(16(3)4)22(27)17(5)29-25-21(23)19-9-6-10-20(12-19)28-14-18-8-7-11-24-13-18/h6-13,15-17H,14H2,1-5H3,(H2,23,25). The number of nitrogens with zero attached hydrogens (tertiary/aromatic N) is 3. The zero-order chi connectivity index (χ0) is 21.4. The molecule has 7 nitrogen and oxygen atoms in total. The summed E-state index contributed by atoms with van der Waals surface area (Å²) < 4.78 is 5.78. The second kappa shape index (κ2) is 10.5. The van der Waals surface area contributed by atoms with Crippen molar-refractivity contribution in [2.24, 2.45) is 10.9 Å². The lowest BCUT2D eigenvalue weighted by Crippen LogP contribution is -2.46. The molecular formula is C22H30N4O3. The summed E-state index contributed by atoms with van der Waals surface area (Å²) in [5.74, 6) is 0.705. The van der Waals surface area contributed by atoms with Gasteiger partial charge in [-0.15, -0.1) is 0 Å². The van der Waals surface area contributed by atoms with E-state index in [0.29, 0.717) is 17.9 Å². The van der Waals surface area contributed by atoms with E-state index in [-0.39, 0.29) is 23.8 Å². The second-order valence-corrected chi connectivity index (χ2v) is 7.33. The summed E-state index contributed by atoms with van der Waals surface area (Å²) >= 11 is 0. The molecule has 0 bridgehead atoms. The molecule has 0 spiro atoms. The van der Waals surface area contributed by atoms with E-state index >= 15 is 0 Å². The maximum atomic E-state index is 12.6. The fourth-order valence-corrected chi connectivity index (χ4v) is 2.94. The van der Waals surface area contributed by atoms with Gasteiger partial charge in [-0.05, 0) is 52.8 Å². The van der Waals surface area contributed by atoms with Crippen LogP contribution in [0.25, 0.3) is 0 Å². The summed E-state index contributed by atoms with van der Waals surface area (Å²) in [7, 11) is 0. The molecule has 29 heavy (non-hydrogen) atoms. The van der Waals surface area contributed by atoms with Crippen LogP contribution >= 0.6 is 0 Å². The average Bonchev–Trinajstić information content (AvgIpc) is 2.70. The zero-order valence-electron chi connectivity index (χ0n) is 17.7. The van der Waals surface area contributed by atoms with E-state index in [0.717, 1.165) is 5.56 Å². The number of hydrogen-bond donors (Lipinski definition) is 1. The smallest absolute Gasteiger partial charge is 0.266 e. The van der Waals surface area contributed by atoms with Crippen molar-refractivity contribution >= 4 is 11.7 Å². The average molecular weight is 399 g/mol. The molecule has 1 atom stereocenters. The molecule has 2 rings (SSSR count). The van der Waals surface area contributed by atoms with Gasteiger partial charge in [-0.3, -0.25) is 9.78 Å². The monoisotopic (exact) mass is 398 g/mol. The Hall–Kier alpha value is -3.09. The van der Waals surface area contributed by atoms with Crippen molar-refractivity contribution in [3.63, 3.8) is 0 Å². The number of oxime groups is 1. The lowest BCUT2D eigenvalue weighted by atomic mass is 10.2. The van der Waals surface area contributed by atoms with E-state index in [1.807, 2.05) is 52.0 Å². The third-order valence-corrected chi connectivity index (χ3v) is 4.28. The van der Waals surface area contributed by atoms with Gasteiger partial charge in [-0.2, -0.15) is 0 Å². The highest BCUT2D eigenvalue weighted by Crippen LogP contribution is 2.16. The minimum atomic E-state index is -0.733. The topological polar surface area (TPSA) is 90.0 Å². The Morgan fingerprint density at radius 3 is 2.48 bits per heavy atom. The number of amides is 1. The van der Waals surface area contributed by atoms with Crippen molar-refractivity contribution in [3.8, 4) is 5.75 Å². The first kappa shape index (κ1) is 22.2. The lowest BCUT2D eigenvalue weighted by Gasteiger charge is -2.32. The Morgan fingerprint density at radius 2 is 1.86 bits per heavy atom. The van der Waals surface area contributed by atoms with E-state index in [1.165, 1.54) is 0 Å². The molecule has 0 saturated carbocycles. The van der Waals surface area contributed by atoms with Crippen molar-refractivity contribution in [2.75, 3.05) is 0 Å². The van der Waals surface area contributed by atoms with E-state index in [1.54, 1.807) is 36.4 Å². The lowest BCUT2D eigenvalue weighted by molar-refractivity contribution is -0.146. The highest BCUT2D eigenvalue weighted by atomic mass is 16.6. The van der Waals surface area contributed by atoms with Gasteiger partial charge in [0.2, 0.25) is 6.10 Å². The van der Waals surface area contributed by atoms with Gasteiger partial charge in [0.05, 0.1) is 0 Å². The third-order valence-electron chi connectivity index (χ3n) is 4.28. The van der Waals surface area contributed by atoms with Crippen LogP contribution in [-0.4, -0.2) is 39.8 Å². The fourth-order valence-electron chi connectivity index (χ4n) is 2.94. The third kappa shape index (κ3) is 6.48. The van der Waals surface area contributed by atoms with E-state index in [4.69, 9.17) is 15.3 Å². The molecule has 1 heterocycles. The number of carbonyl (C=O) groups excluding carboxylic acids is 1. The van der Waals surface area contributed by atoms with Crippen molar-refractivity contribution < 1.29 is 14.4 Å². The van der Waals surface area contributed by atoms with Crippen LogP contribution in [0.1, 0.15) is 45.7 Å². The molecule has 1 amide bonds. The van der Waals surface area contributed by atoms with Gasteiger partial charge in [-0.25, -0.2) is 0 Å². The second-order valence-electron chi connectivity index (χ2n) is 7.33. The maximum Gasteiger partial charge on any atom is 0.266 e. The number of pyridine rings is 1. The largest absolute Gasteiger partial charge is 0.489 e. The molecule has 0 aliphatic rings.